The number of aryl methyl sites for hydroxylation is 1. The fraction of sp³-hybridized carbons (Fsp3) is 0.231. The molecule has 0 aliphatic heterocycles. The number of hydrogen-bond acceptors (Lipinski definition) is 6. The van der Waals surface area contributed by atoms with Crippen molar-refractivity contribution in [3.8, 4) is 0 Å². The molecule has 4 rings (SSSR count). The highest BCUT2D eigenvalue weighted by molar-refractivity contribution is 7.20. The zero-order valence-corrected chi connectivity index (χ0v) is 19.9. The molecule has 0 saturated carbocycles. The Kier molecular flexibility index (Phi) is 7.18. The first-order chi connectivity index (χ1) is 16.5. The van der Waals surface area contributed by atoms with E-state index in [1.807, 2.05) is 37.3 Å². The number of benzene rings is 2. The fourth-order valence-electron chi connectivity index (χ4n) is 3.54. The summed E-state index contributed by atoms with van der Waals surface area (Å²) >= 11 is 1.19. The molecule has 2 heterocycles. The van der Waals surface area contributed by atoms with Gasteiger partial charge < -0.3 is 10.1 Å². The third-order valence-corrected chi connectivity index (χ3v) is 6.63. The Labute approximate surface area is 201 Å². The van der Waals surface area contributed by atoms with E-state index >= 15 is 0 Å². The van der Waals surface area contributed by atoms with Gasteiger partial charge in [0.25, 0.3) is 11.5 Å². The van der Waals surface area contributed by atoms with Crippen LogP contribution in [0.2, 0.25) is 0 Å². The van der Waals surface area contributed by atoms with E-state index in [2.05, 4.69) is 10.3 Å². The lowest BCUT2D eigenvalue weighted by molar-refractivity contribution is 0.0499. The third kappa shape index (κ3) is 5.07. The number of nitrogens with zero attached hydrogens (tertiary/aromatic N) is 2. The van der Waals surface area contributed by atoms with E-state index in [1.165, 1.54) is 17.7 Å². The van der Waals surface area contributed by atoms with Gasteiger partial charge in [0.05, 0.1) is 35.3 Å². The maximum absolute atomic E-state index is 13.1. The summed E-state index contributed by atoms with van der Waals surface area (Å²) < 4.78 is 6.76. The summed E-state index contributed by atoms with van der Waals surface area (Å²) in [4.78, 5) is 43.5. The van der Waals surface area contributed by atoms with Crippen LogP contribution in [0.5, 0.6) is 0 Å². The van der Waals surface area contributed by atoms with Crippen molar-refractivity contribution in [3.05, 3.63) is 92.8 Å². The largest absolute Gasteiger partial charge is 0.462 e. The van der Waals surface area contributed by atoms with E-state index in [0.717, 1.165) is 18.4 Å². The maximum Gasteiger partial charge on any atom is 0.338 e. The van der Waals surface area contributed by atoms with Crippen LogP contribution in [0.25, 0.3) is 10.2 Å². The highest BCUT2D eigenvalue weighted by Gasteiger charge is 2.20. The monoisotopic (exact) mass is 475 g/mol. The molecule has 7 nitrogen and oxygen atoms in total. The fourth-order valence-corrected chi connectivity index (χ4v) is 4.57. The van der Waals surface area contributed by atoms with Gasteiger partial charge in [-0.3, -0.25) is 14.2 Å². The quantitative estimate of drug-likeness (QED) is 0.285. The van der Waals surface area contributed by atoms with Crippen LogP contribution in [0, 0.1) is 6.92 Å². The SMILES string of the molecule is CCCCOC(=O)c1ccc(NC(=O)c2sc3ncn(Cc4ccccc4)c(=O)c3c2C)cc1. The summed E-state index contributed by atoms with van der Waals surface area (Å²) in [5, 5.41) is 3.29. The number of carbonyl (C=O) groups excluding carboxylic acids is 2. The predicted octanol–water partition coefficient (Wildman–Crippen LogP) is 5.02. The van der Waals surface area contributed by atoms with Gasteiger partial charge in [-0.1, -0.05) is 43.7 Å². The first-order valence-electron chi connectivity index (χ1n) is 11.1. The summed E-state index contributed by atoms with van der Waals surface area (Å²) in [7, 11) is 0. The second kappa shape index (κ2) is 10.4. The number of ether oxygens (including phenoxy) is 1. The molecule has 2 aromatic carbocycles. The van der Waals surface area contributed by atoms with Gasteiger partial charge in [0.1, 0.15) is 4.83 Å². The van der Waals surface area contributed by atoms with Crippen LogP contribution in [0.4, 0.5) is 5.69 Å². The van der Waals surface area contributed by atoms with E-state index in [4.69, 9.17) is 4.74 Å². The Balaban J connectivity index is 1.51. The summed E-state index contributed by atoms with van der Waals surface area (Å²) in [6.07, 6.45) is 3.29. The van der Waals surface area contributed by atoms with Crippen LogP contribution in [0.3, 0.4) is 0 Å². The molecule has 8 heteroatoms. The predicted molar refractivity (Wildman–Crippen MR) is 134 cm³/mol. The number of nitrogens with one attached hydrogen (secondary N) is 1. The summed E-state index contributed by atoms with van der Waals surface area (Å²) in [5.41, 5.74) is 2.40. The molecule has 0 atom stereocenters. The summed E-state index contributed by atoms with van der Waals surface area (Å²) in [5.74, 6) is -0.711. The van der Waals surface area contributed by atoms with Gasteiger partial charge in [-0.05, 0) is 48.7 Å². The molecule has 2 aromatic heterocycles. The molecular weight excluding hydrogens is 450 g/mol. The van der Waals surface area contributed by atoms with Crippen LogP contribution in [0.15, 0.2) is 65.7 Å². The standard InChI is InChI=1S/C26H25N3O4S/c1-3-4-14-33-26(32)19-10-12-20(13-11-19)28-23(30)22-17(2)21-24(34-22)27-16-29(25(21)31)15-18-8-6-5-7-9-18/h5-13,16H,3-4,14-15H2,1-2H3,(H,28,30). The topological polar surface area (TPSA) is 90.3 Å². The van der Waals surface area contributed by atoms with Crippen LogP contribution in [0.1, 0.15) is 50.9 Å². The van der Waals surface area contributed by atoms with Gasteiger partial charge in [-0.15, -0.1) is 11.3 Å². The van der Waals surface area contributed by atoms with E-state index < -0.39 is 0 Å². The molecule has 0 saturated heterocycles. The van der Waals surface area contributed by atoms with Gasteiger partial charge in [0.15, 0.2) is 0 Å². The zero-order valence-electron chi connectivity index (χ0n) is 19.0. The zero-order chi connectivity index (χ0) is 24.1. The van der Waals surface area contributed by atoms with Gasteiger partial charge in [-0.2, -0.15) is 0 Å². The van der Waals surface area contributed by atoms with Crippen LogP contribution < -0.4 is 10.9 Å². The van der Waals surface area contributed by atoms with Crippen molar-refractivity contribution in [1.29, 1.82) is 0 Å². The van der Waals surface area contributed by atoms with Crippen molar-refractivity contribution in [3.63, 3.8) is 0 Å². The average molecular weight is 476 g/mol. The number of carbonyl (C=O) groups is 2. The second-order valence-electron chi connectivity index (χ2n) is 7.92. The molecule has 1 amide bonds. The minimum absolute atomic E-state index is 0.174. The average Bonchev–Trinajstić information content (AvgIpc) is 3.19. The van der Waals surface area contributed by atoms with Crippen molar-refractivity contribution in [2.75, 3.05) is 11.9 Å². The van der Waals surface area contributed by atoms with Gasteiger partial charge in [0.2, 0.25) is 0 Å². The van der Waals surface area contributed by atoms with Crippen molar-refractivity contribution in [2.24, 2.45) is 0 Å². The molecule has 0 radical (unpaired) electrons. The molecule has 0 spiro atoms. The molecule has 0 aliphatic carbocycles. The van der Waals surface area contributed by atoms with Crippen LogP contribution >= 0.6 is 11.3 Å². The molecule has 0 aliphatic rings. The van der Waals surface area contributed by atoms with Crippen LogP contribution in [-0.4, -0.2) is 28.0 Å². The molecule has 174 valence electrons. The summed E-state index contributed by atoms with van der Waals surface area (Å²) in [6, 6.07) is 16.2. The van der Waals surface area contributed by atoms with E-state index in [9.17, 15) is 14.4 Å². The number of unbranched alkanes of at least 4 members (excludes halogenated alkanes) is 1. The third-order valence-electron chi connectivity index (χ3n) is 5.43. The molecule has 34 heavy (non-hydrogen) atoms. The number of fused-ring (bicyclic) bond motifs is 1. The summed E-state index contributed by atoms with van der Waals surface area (Å²) in [6.45, 7) is 4.59. The second-order valence-corrected chi connectivity index (χ2v) is 8.92. The van der Waals surface area contributed by atoms with Crippen molar-refractivity contribution in [1.82, 2.24) is 9.55 Å². The molecular formula is C26H25N3O4S. The number of amides is 1. The van der Waals surface area contributed by atoms with E-state index in [1.54, 1.807) is 35.8 Å². The Morgan fingerprint density at radius 1 is 1.09 bits per heavy atom. The highest BCUT2D eigenvalue weighted by Crippen LogP contribution is 2.28. The number of thiophene rings is 1. The lowest BCUT2D eigenvalue weighted by Crippen LogP contribution is -2.21. The minimum Gasteiger partial charge on any atom is -0.462 e. The number of esters is 1. The van der Waals surface area contributed by atoms with E-state index in [0.29, 0.717) is 45.1 Å². The molecule has 1 N–H and O–H groups in total. The Morgan fingerprint density at radius 2 is 1.82 bits per heavy atom. The molecule has 0 bridgehead atoms. The molecule has 0 unspecified atom stereocenters. The lowest BCUT2D eigenvalue weighted by Gasteiger charge is -2.07. The number of rotatable bonds is 8. The smallest absolute Gasteiger partial charge is 0.338 e. The normalized spacial score (nSPS) is 10.9. The van der Waals surface area contributed by atoms with Crippen molar-refractivity contribution < 1.29 is 14.3 Å². The Bertz CT molecular complexity index is 1380. The number of hydrogen-bond donors (Lipinski definition) is 1. The molecule has 0 fully saturated rings. The maximum atomic E-state index is 13.1. The number of aromatic nitrogens is 2. The minimum atomic E-state index is -0.385. The Hall–Kier alpha value is -3.78. The van der Waals surface area contributed by atoms with Crippen molar-refractivity contribution >= 4 is 39.1 Å². The van der Waals surface area contributed by atoms with Gasteiger partial charge in [0, 0.05) is 5.69 Å². The first kappa shape index (κ1) is 23.4. The van der Waals surface area contributed by atoms with E-state index in [-0.39, 0.29) is 17.4 Å². The molecule has 4 aromatic rings. The Morgan fingerprint density at radius 3 is 2.53 bits per heavy atom. The first-order valence-corrected chi connectivity index (χ1v) is 11.9. The highest BCUT2D eigenvalue weighted by atomic mass is 32.1. The van der Waals surface area contributed by atoms with Crippen molar-refractivity contribution in [2.45, 2.75) is 33.2 Å². The van der Waals surface area contributed by atoms with Crippen LogP contribution in [-0.2, 0) is 11.3 Å². The number of anilines is 1. The van der Waals surface area contributed by atoms with Gasteiger partial charge >= 0.3 is 5.97 Å². The lowest BCUT2D eigenvalue weighted by atomic mass is 10.2. The van der Waals surface area contributed by atoms with Gasteiger partial charge in [-0.25, -0.2) is 9.78 Å².